The second-order valence-corrected chi connectivity index (χ2v) is 12.5. The van der Waals surface area contributed by atoms with Crippen LogP contribution in [0.15, 0.2) is 35.7 Å². The first-order valence-corrected chi connectivity index (χ1v) is 11.4. The first-order chi connectivity index (χ1) is 11.7. The molecule has 0 amide bonds. The van der Waals surface area contributed by atoms with E-state index in [4.69, 9.17) is 4.43 Å². The average Bonchev–Trinajstić information content (AvgIpc) is 2.90. The van der Waals surface area contributed by atoms with E-state index in [0.29, 0.717) is 19.0 Å². The van der Waals surface area contributed by atoms with Crippen molar-refractivity contribution in [3.05, 3.63) is 35.7 Å². The quantitative estimate of drug-likeness (QED) is 0.476. The van der Waals surface area contributed by atoms with Gasteiger partial charge in [0, 0.05) is 13.2 Å². The highest BCUT2D eigenvalue weighted by molar-refractivity contribution is 6.74. The van der Waals surface area contributed by atoms with Crippen LogP contribution in [0.4, 0.5) is 11.4 Å². The lowest BCUT2D eigenvalue weighted by Gasteiger charge is -2.36. The maximum atomic E-state index is 9.23. The summed E-state index contributed by atoms with van der Waals surface area (Å²) in [6.45, 7) is 12.5. The van der Waals surface area contributed by atoms with E-state index in [-0.39, 0.29) is 10.6 Å². The molecule has 0 radical (unpaired) electrons. The normalized spacial score (nSPS) is 13.7. The van der Waals surface area contributed by atoms with Crippen molar-refractivity contribution in [3.63, 3.8) is 0 Å². The standard InChI is InChI=1S/C19H26N4OSi/c1-19(2,3)25(4,5)24-12-8-11-23-17-10-7-6-9-16(17)22-18(23)15(13-20)14-21/h6-7,9-10,22H,8,11-12H2,1-5H3. The number of para-hydroxylation sites is 2. The summed E-state index contributed by atoms with van der Waals surface area (Å²) in [6.07, 6.45) is 0.830. The molecule has 0 atom stereocenters. The van der Waals surface area contributed by atoms with Crippen LogP contribution in [0.1, 0.15) is 27.2 Å². The SMILES string of the molecule is CC(C)(C)[Si](C)(C)OCCCN1C(=C(C#N)C#N)Nc2ccccc21. The van der Waals surface area contributed by atoms with Crippen molar-refractivity contribution in [3.8, 4) is 12.1 Å². The van der Waals surface area contributed by atoms with E-state index in [1.54, 1.807) is 0 Å². The van der Waals surface area contributed by atoms with Gasteiger partial charge in [-0.2, -0.15) is 10.5 Å². The molecule has 2 rings (SSSR count). The van der Waals surface area contributed by atoms with Crippen molar-refractivity contribution >= 4 is 19.7 Å². The van der Waals surface area contributed by atoms with E-state index < -0.39 is 8.32 Å². The summed E-state index contributed by atoms with van der Waals surface area (Å²) in [6, 6.07) is 11.8. The second kappa shape index (κ2) is 7.31. The Hall–Kier alpha value is -2.28. The van der Waals surface area contributed by atoms with E-state index in [1.165, 1.54) is 0 Å². The summed E-state index contributed by atoms with van der Waals surface area (Å²) in [5, 5.41) is 21.9. The van der Waals surface area contributed by atoms with Crippen molar-refractivity contribution in [1.29, 1.82) is 10.5 Å². The molecule has 1 aromatic carbocycles. The minimum Gasteiger partial charge on any atom is -0.417 e. The van der Waals surface area contributed by atoms with Gasteiger partial charge in [-0.05, 0) is 36.7 Å². The van der Waals surface area contributed by atoms with E-state index in [1.807, 2.05) is 41.3 Å². The Morgan fingerprint density at radius 2 is 1.84 bits per heavy atom. The lowest BCUT2D eigenvalue weighted by molar-refractivity contribution is 0.284. The summed E-state index contributed by atoms with van der Waals surface area (Å²) < 4.78 is 6.24. The largest absolute Gasteiger partial charge is 0.417 e. The van der Waals surface area contributed by atoms with E-state index in [9.17, 15) is 10.5 Å². The number of nitriles is 2. The third-order valence-electron chi connectivity index (χ3n) is 4.97. The van der Waals surface area contributed by atoms with Crippen LogP contribution in [0.5, 0.6) is 0 Å². The smallest absolute Gasteiger partial charge is 0.191 e. The number of benzene rings is 1. The molecule has 132 valence electrons. The Morgan fingerprint density at radius 3 is 2.44 bits per heavy atom. The van der Waals surface area contributed by atoms with Gasteiger partial charge in [0.2, 0.25) is 0 Å². The maximum absolute atomic E-state index is 9.23. The molecule has 0 saturated heterocycles. The molecular formula is C19H26N4OSi. The van der Waals surface area contributed by atoms with Crippen LogP contribution in [-0.4, -0.2) is 21.5 Å². The summed E-state index contributed by atoms with van der Waals surface area (Å²) in [7, 11) is -1.76. The predicted octanol–water partition coefficient (Wildman–Crippen LogP) is 4.59. The highest BCUT2D eigenvalue weighted by Gasteiger charge is 2.37. The van der Waals surface area contributed by atoms with E-state index in [0.717, 1.165) is 17.8 Å². The van der Waals surface area contributed by atoms with Crippen LogP contribution >= 0.6 is 0 Å². The van der Waals surface area contributed by atoms with Crippen LogP contribution < -0.4 is 10.2 Å². The molecule has 0 aromatic heterocycles. The van der Waals surface area contributed by atoms with Gasteiger partial charge in [-0.25, -0.2) is 0 Å². The van der Waals surface area contributed by atoms with Gasteiger partial charge < -0.3 is 14.6 Å². The number of hydrogen-bond donors (Lipinski definition) is 1. The second-order valence-electron chi connectivity index (χ2n) is 7.70. The Labute approximate surface area is 151 Å². The summed E-state index contributed by atoms with van der Waals surface area (Å²) in [4.78, 5) is 2.01. The molecule has 0 aliphatic carbocycles. The molecule has 0 saturated carbocycles. The fraction of sp³-hybridized carbons (Fsp3) is 0.474. The first kappa shape index (κ1) is 19.0. The molecule has 1 aromatic rings. The first-order valence-electron chi connectivity index (χ1n) is 8.53. The minimum absolute atomic E-state index is 0.0986. The van der Waals surface area contributed by atoms with Crippen molar-refractivity contribution in [1.82, 2.24) is 0 Å². The highest BCUT2D eigenvalue weighted by atomic mass is 28.4. The number of rotatable bonds is 5. The van der Waals surface area contributed by atoms with Gasteiger partial charge in [0.1, 0.15) is 18.0 Å². The lowest BCUT2D eigenvalue weighted by Crippen LogP contribution is -2.41. The monoisotopic (exact) mass is 354 g/mol. The Morgan fingerprint density at radius 1 is 1.20 bits per heavy atom. The topological polar surface area (TPSA) is 72.1 Å². The molecule has 1 N–H and O–H groups in total. The lowest BCUT2D eigenvalue weighted by atomic mass is 10.2. The summed E-state index contributed by atoms with van der Waals surface area (Å²) >= 11 is 0. The van der Waals surface area contributed by atoms with Crippen LogP contribution in [0.2, 0.25) is 18.1 Å². The predicted molar refractivity (Wildman–Crippen MR) is 103 cm³/mol. The van der Waals surface area contributed by atoms with Crippen LogP contribution in [0, 0.1) is 22.7 Å². The highest BCUT2D eigenvalue weighted by Crippen LogP contribution is 2.38. The van der Waals surface area contributed by atoms with Gasteiger partial charge in [0.25, 0.3) is 0 Å². The number of fused-ring (bicyclic) bond motifs is 1. The molecule has 1 heterocycles. The van der Waals surface area contributed by atoms with Crippen molar-refractivity contribution in [2.24, 2.45) is 0 Å². The van der Waals surface area contributed by atoms with Crippen LogP contribution in [0.3, 0.4) is 0 Å². The maximum Gasteiger partial charge on any atom is 0.191 e. The van der Waals surface area contributed by atoms with Gasteiger partial charge in [-0.15, -0.1) is 0 Å². The minimum atomic E-state index is -1.76. The molecule has 0 unspecified atom stereocenters. The Kier molecular flexibility index (Phi) is 5.57. The molecule has 1 aliphatic rings. The van der Waals surface area contributed by atoms with Crippen LogP contribution in [-0.2, 0) is 4.43 Å². The number of nitrogens with zero attached hydrogens (tertiary/aromatic N) is 3. The molecule has 0 spiro atoms. The zero-order valence-corrected chi connectivity index (χ0v) is 16.7. The van der Waals surface area contributed by atoms with Gasteiger partial charge in [0.15, 0.2) is 13.9 Å². The van der Waals surface area contributed by atoms with Gasteiger partial charge in [-0.1, -0.05) is 32.9 Å². The van der Waals surface area contributed by atoms with Gasteiger partial charge >= 0.3 is 0 Å². The van der Waals surface area contributed by atoms with Gasteiger partial charge in [0.05, 0.1) is 11.4 Å². The van der Waals surface area contributed by atoms with Crippen molar-refractivity contribution in [2.45, 2.75) is 45.3 Å². The molecule has 0 fully saturated rings. The molecule has 0 bridgehead atoms. The fourth-order valence-electron chi connectivity index (χ4n) is 2.46. The Bertz CT molecular complexity index is 734. The zero-order chi connectivity index (χ0) is 18.7. The number of allylic oxidation sites excluding steroid dienone is 1. The van der Waals surface area contributed by atoms with Gasteiger partial charge in [-0.3, -0.25) is 0 Å². The number of hydrogen-bond acceptors (Lipinski definition) is 5. The van der Waals surface area contributed by atoms with E-state index >= 15 is 0 Å². The van der Waals surface area contributed by atoms with E-state index in [2.05, 4.69) is 39.2 Å². The zero-order valence-electron chi connectivity index (χ0n) is 15.7. The van der Waals surface area contributed by atoms with Crippen molar-refractivity contribution in [2.75, 3.05) is 23.4 Å². The summed E-state index contributed by atoms with van der Waals surface area (Å²) in [5.74, 6) is 0.568. The molecule has 25 heavy (non-hydrogen) atoms. The van der Waals surface area contributed by atoms with Crippen LogP contribution in [0.25, 0.3) is 0 Å². The number of anilines is 2. The third kappa shape index (κ3) is 4.04. The molecular weight excluding hydrogens is 328 g/mol. The number of nitrogens with one attached hydrogen (secondary N) is 1. The average molecular weight is 355 g/mol. The molecule has 5 nitrogen and oxygen atoms in total. The fourth-order valence-corrected chi connectivity index (χ4v) is 3.54. The molecule has 6 heteroatoms. The Balaban J connectivity index is 2.10. The summed E-state index contributed by atoms with van der Waals surface area (Å²) in [5.41, 5.74) is 2.01. The third-order valence-corrected chi connectivity index (χ3v) is 9.51. The molecule has 1 aliphatic heterocycles. The van der Waals surface area contributed by atoms with Crippen molar-refractivity contribution < 1.29 is 4.43 Å².